The van der Waals surface area contributed by atoms with Crippen LogP contribution in [-0.2, 0) is 5.41 Å². The van der Waals surface area contributed by atoms with Gasteiger partial charge in [0.05, 0.1) is 28.4 Å². The van der Waals surface area contributed by atoms with Crippen LogP contribution in [0.25, 0.3) is 89.5 Å². The highest BCUT2D eigenvalue weighted by molar-refractivity contribution is 5.96. The van der Waals surface area contributed by atoms with Crippen molar-refractivity contribution in [2.75, 3.05) is 0 Å². The molecule has 2 aromatic heterocycles. The quantitative estimate of drug-likeness (QED) is 0.168. The second-order valence-electron chi connectivity index (χ2n) is 16.3. The van der Waals surface area contributed by atoms with Crippen LogP contribution in [-0.4, -0.2) is 15.0 Å². The van der Waals surface area contributed by atoms with Gasteiger partial charge in [-0.2, -0.15) is 5.26 Å². The molecule has 63 heavy (non-hydrogen) atoms. The van der Waals surface area contributed by atoms with E-state index in [1.54, 1.807) is 0 Å². The van der Waals surface area contributed by atoms with Gasteiger partial charge in [-0.3, -0.25) is 4.98 Å². The minimum absolute atomic E-state index is 0.591. The third kappa shape index (κ3) is 5.86. The fourth-order valence-corrected chi connectivity index (χ4v) is 9.95. The number of nitriles is 1. The molecule has 10 aromatic rings. The van der Waals surface area contributed by atoms with Gasteiger partial charge in [0.2, 0.25) is 0 Å². The number of pyridine rings is 1. The Labute approximate surface area is 366 Å². The van der Waals surface area contributed by atoms with Crippen LogP contribution < -0.4 is 0 Å². The van der Waals surface area contributed by atoms with Crippen LogP contribution in [0.5, 0.6) is 0 Å². The normalized spacial score (nSPS) is 12.6. The summed E-state index contributed by atoms with van der Waals surface area (Å²) in [7, 11) is 0. The first-order chi connectivity index (χ1) is 31.2. The van der Waals surface area contributed by atoms with Crippen molar-refractivity contribution < 1.29 is 0 Å². The van der Waals surface area contributed by atoms with Crippen molar-refractivity contribution in [1.82, 2.24) is 15.0 Å². The van der Waals surface area contributed by atoms with E-state index in [9.17, 15) is 5.26 Å². The molecule has 0 aliphatic heterocycles. The Balaban J connectivity index is 1.07. The predicted octanol–water partition coefficient (Wildman–Crippen LogP) is 14.1. The van der Waals surface area contributed by atoms with Crippen molar-refractivity contribution in [3.05, 3.63) is 246 Å². The van der Waals surface area contributed by atoms with Gasteiger partial charge in [0.1, 0.15) is 0 Å². The molecule has 0 amide bonds. The zero-order valence-corrected chi connectivity index (χ0v) is 34.1. The van der Waals surface area contributed by atoms with Crippen LogP contribution in [0, 0.1) is 11.3 Å². The summed E-state index contributed by atoms with van der Waals surface area (Å²) in [6.45, 7) is 0. The highest BCUT2D eigenvalue weighted by Crippen LogP contribution is 2.63. The van der Waals surface area contributed by atoms with E-state index in [-0.39, 0.29) is 0 Å². The zero-order chi connectivity index (χ0) is 41.9. The average Bonchev–Trinajstić information content (AvgIpc) is 3.83. The number of hydrogen-bond acceptors (Lipinski definition) is 4. The maximum absolute atomic E-state index is 10.2. The van der Waals surface area contributed by atoms with Crippen molar-refractivity contribution in [3.8, 4) is 95.6 Å². The first-order valence-corrected chi connectivity index (χ1v) is 21.2. The molecule has 4 nitrogen and oxygen atoms in total. The predicted molar refractivity (Wildman–Crippen MR) is 253 cm³/mol. The van der Waals surface area contributed by atoms with Gasteiger partial charge in [-0.05, 0) is 121 Å². The summed E-state index contributed by atoms with van der Waals surface area (Å²) in [6, 6.07) is 75.3. The summed E-state index contributed by atoms with van der Waals surface area (Å²) >= 11 is 0. The standard InChI is InChI=1S/C59H36N4/c60-36-38-21-27-50-51-28-26-43(34-55(51)59(54(50)30-38)52-19-9-7-17-48(52)49-18-8-10-20-53(49)59)45-31-46(44-16-11-29-61-37-44)33-47(32-45)57-35-56(62-58(63-57)42-14-5-2-6-15-42)41-24-22-40(23-25-41)39-12-3-1-4-13-39/h1-35,37H. The highest BCUT2D eigenvalue weighted by Gasteiger charge is 2.51. The molecule has 0 fully saturated rings. The fraction of sp³-hybridized carbons (Fsp3) is 0.0169. The first kappa shape index (κ1) is 36.3. The summed E-state index contributed by atoms with van der Waals surface area (Å²) in [5.74, 6) is 0.663. The Morgan fingerprint density at radius 1 is 0.349 bits per heavy atom. The van der Waals surface area contributed by atoms with Crippen LogP contribution in [0.1, 0.15) is 27.8 Å². The van der Waals surface area contributed by atoms with Gasteiger partial charge in [-0.1, -0.05) is 158 Å². The van der Waals surface area contributed by atoms with Gasteiger partial charge >= 0.3 is 0 Å². The lowest BCUT2D eigenvalue weighted by Crippen LogP contribution is -2.26. The number of aromatic nitrogens is 3. The van der Waals surface area contributed by atoms with Gasteiger partial charge in [-0.15, -0.1) is 0 Å². The van der Waals surface area contributed by atoms with E-state index >= 15 is 0 Å². The molecule has 0 atom stereocenters. The van der Waals surface area contributed by atoms with E-state index in [0.717, 1.165) is 67.0 Å². The maximum Gasteiger partial charge on any atom is 0.160 e. The second kappa shape index (κ2) is 14.6. The van der Waals surface area contributed by atoms with E-state index in [1.807, 2.05) is 48.8 Å². The van der Waals surface area contributed by atoms with Crippen molar-refractivity contribution >= 4 is 0 Å². The molecule has 292 valence electrons. The summed E-state index contributed by atoms with van der Waals surface area (Å²) in [5, 5.41) is 10.2. The third-order valence-corrected chi connectivity index (χ3v) is 12.8. The molecule has 0 saturated carbocycles. The monoisotopic (exact) mass is 800 g/mol. The fourth-order valence-electron chi connectivity index (χ4n) is 9.95. The van der Waals surface area contributed by atoms with Gasteiger partial charge < -0.3 is 0 Å². The summed E-state index contributed by atoms with van der Waals surface area (Å²) < 4.78 is 0. The van der Waals surface area contributed by atoms with Crippen LogP contribution in [0.4, 0.5) is 0 Å². The number of benzene rings is 8. The molecule has 0 N–H and O–H groups in total. The Morgan fingerprint density at radius 3 is 1.52 bits per heavy atom. The smallest absolute Gasteiger partial charge is 0.160 e. The lowest BCUT2D eigenvalue weighted by Gasteiger charge is -2.30. The Hall–Kier alpha value is -8.52. The van der Waals surface area contributed by atoms with Crippen molar-refractivity contribution in [1.29, 1.82) is 5.26 Å². The van der Waals surface area contributed by atoms with Gasteiger partial charge in [-0.25, -0.2) is 9.97 Å². The zero-order valence-electron chi connectivity index (χ0n) is 34.1. The molecule has 0 unspecified atom stereocenters. The molecule has 2 aliphatic rings. The molecule has 2 heterocycles. The summed E-state index contributed by atoms with van der Waals surface area (Å²) in [4.78, 5) is 15.0. The minimum Gasteiger partial charge on any atom is -0.264 e. The molecule has 8 aromatic carbocycles. The molecule has 1 spiro atoms. The molecule has 0 bridgehead atoms. The number of rotatable bonds is 6. The van der Waals surface area contributed by atoms with Crippen LogP contribution in [0.15, 0.2) is 219 Å². The Kier molecular flexibility index (Phi) is 8.42. The lowest BCUT2D eigenvalue weighted by atomic mass is 9.70. The SMILES string of the molecule is N#Cc1ccc2c(c1)C1(c3ccccc3-c3ccccc31)c1cc(-c3cc(-c4cccnc4)cc(-c4cc(-c5ccc(-c6ccccc6)cc5)nc(-c5ccccc5)n4)c3)ccc1-2. The Bertz CT molecular complexity index is 3400. The topological polar surface area (TPSA) is 62.5 Å². The third-order valence-electron chi connectivity index (χ3n) is 12.8. The van der Waals surface area contributed by atoms with Gasteiger partial charge in [0, 0.05) is 34.6 Å². The van der Waals surface area contributed by atoms with E-state index in [0.29, 0.717) is 11.4 Å². The first-order valence-electron chi connectivity index (χ1n) is 21.2. The number of hydrogen-bond donors (Lipinski definition) is 0. The molecular weight excluding hydrogens is 765 g/mol. The van der Waals surface area contributed by atoms with Crippen LogP contribution in [0.3, 0.4) is 0 Å². The van der Waals surface area contributed by atoms with E-state index in [2.05, 4.69) is 181 Å². The molecular formula is C59H36N4. The average molecular weight is 801 g/mol. The van der Waals surface area contributed by atoms with Crippen molar-refractivity contribution in [2.45, 2.75) is 5.41 Å². The van der Waals surface area contributed by atoms with E-state index in [1.165, 1.54) is 38.9 Å². The van der Waals surface area contributed by atoms with Gasteiger partial charge in [0.15, 0.2) is 5.82 Å². The largest absolute Gasteiger partial charge is 0.264 e. The lowest BCUT2D eigenvalue weighted by molar-refractivity contribution is 0.793. The Morgan fingerprint density at radius 2 is 0.857 bits per heavy atom. The molecule has 2 aliphatic carbocycles. The van der Waals surface area contributed by atoms with E-state index < -0.39 is 5.41 Å². The van der Waals surface area contributed by atoms with Crippen LogP contribution >= 0.6 is 0 Å². The van der Waals surface area contributed by atoms with Gasteiger partial charge in [0.25, 0.3) is 0 Å². The molecule has 4 heteroatoms. The second-order valence-corrected chi connectivity index (χ2v) is 16.3. The summed E-state index contributed by atoms with van der Waals surface area (Å²) in [6.07, 6.45) is 3.73. The highest BCUT2D eigenvalue weighted by atomic mass is 14.9. The van der Waals surface area contributed by atoms with E-state index in [4.69, 9.17) is 9.97 Å². The molecule has 12 rings (SSSR count). The van der Waals surface area contributed by atoms with Crippen LogP contribution in [0.2, 0.25) is 0 Å². The maximum atomic E-state index is 10.2. The number of nitrogens with zero attached hydrogens (tertiary/aromatic N) is 4. The molecule has 0 radical (unpaired) electrons. The number of fused-ring (bicyclic) bond motifs is 10. The molecule has 0 saturated heterocycles. The van der Waals surface area contributed by atoms with Crippen molar-refractivity contribution in [3.63, 3.8) is 0 Å². The van der Waals surface area contributed by atoms with Crippen molar-refractivity contribution in [2.24, 2.45) is 0 Å². The summed E-state index contributed by atoms with van der Waals surface area (Å²) in [5.41, 5.74) is 20.8. The minimum atomic E-state index is -0.591.